The van der Waals surface area contributed by atoms with E-state index in [0.717, 1.165) is 25.0 Å². The van der Waals surface area contributed by atoms with Gasteiger partial charge in [-0.1, -0.05) is 45.2 Å². The van der Waals surface area contributed by atoms with Gasteiger partial charge in [-0.2, -0.15) is 5.10 Å². The third-order valence-electron chi connectivity index (χ3n) is 8.90. The van der Waals surface area contributed by atoms with E-state index in [-0.39, 0.29) is 23.8 Å². The molecule has 1 aliphatic heterocycles. The summed E-state index contributed by atoms with van der Waals surface area (Å²) in [6, 6.07) is 8.32. The van der Waals surface area contributed by atoms with Gasteiger partial charge in [0.05, 0.1) is 36.1 Å². The monoisotopic (exact) mass is 645 g/mol. The highest BCUT2D eigenvalue weighted by molar-refractivity contribution is 6.09. The predicted molar refractivity (Wildman–Crippen MR) is 171 cm³/mol. The molecule has 0 radical (unpaired) electrons. The summed E-state index contributed by atoms with van der Waals surface area (Å²) in [7, 11) is 0. The minimum absolute atomic E-state index is 0.152. The van der Waals surface area contributed by atoms with Crippen molar-refractivity contribution in [2.24, 2.45) is 17.6 Å². The number of hydrogen-bond acceptors (Lipinski definition) is 6. The maximum absolute atomic E-state index is 14.1. The van der Waals surface area contributed by atoms with Gasteiger partial charge in [0.15, 0.2) is 23.4 Å². The van der Waals surface area contributed by atoms with Gasteiger partial charge in [0.2, 0.25) is 0 Å². The van der Waals surface area contributed by atoms with Gasteiger partial charge in [-0.05, 0) is 66.5 Å². The molecule has 0 spiro atoms. The van der Waals surface area contributed by atoms with Crippen LogP contribution in [-0.4, -0.2) is 43.8 Å². The summed E-state index contributed by atoms with van der Waals surface area (Å²) in [4.78, 5) is 44.5. The summed E-state index contributed by atoms with van der Waals surface area (Å²) in [6.45, 7) is 4.62. The first-order chi connectivity index (χ1) is 22.5. The average molecular weight is 646 g/mol. The van der Waals surface area contributed by atoms with Crippen molar-refractivity contribution >= 4 is 34.5 Å². The molecule has 2 aliphatic rings. The van der Waals surface area contributed by atoms with Crippen LogP contribution in [-0.2, 0) is 29.1 Å². The number of carbonyl (C=O) groups excluding carboxylic acids is 2. The molecule has 1 saturated carbocycles. The number of nitrogens with two attached hydrogens (primary N) is 1. The van der Waals surface area contributed by atoms with E-state index in [4.69, 9.17) is 20.6 Å². The smallest absolute Gasteiger partial charge is 0.307 e. The standard InChI is InChI=1S/C35H37F2N5O5/c1-19(2)12-26-32(33(38)45)31(23-16-39-42(34(23)40-26)18-20-6-4-3-5-7-20)22-9-11-27-28(14-22)47-29(15-30(43)44)35(46)41(27)17-21-8-10-24(36)25(37)13-21/h8-11,13-14,16,19-20,29H,3-7,12,15,17-18H2,1-2H3,(H2,38,45)(H,43,44). The van der Waals surface area contributed by atoms with E-state index in [1.807, 2.05) is 18.5 Å². The second-order valence-electron chi connectivity index (χ2n) is 12.9. The van der Waals surface area contributed by atoms with Crippen molar-refractivity contribution in [3.05, 3.63) is 71.1 Å². The van der Waals surface area contributed by atoms with Gasteiger partial charge in [-0.15, -0.1) is 0 Å². The number of carboxylic acid groups (broad SMARTS) is 1. The fraction of sp³-hybridized carbons (Fsp3) is 0.400. The average Bonchev–Trinajstić information content (AvgIpc) is 3.41. The van der Waals surface area contributed by atoms with Gasteiger partial charge in [-0.3, -0.25) is 14.4 Å². The molecule has 47 heavy (non-hydrogen) atoms. The Hall–Kier alpha value is -4.87. The summed E-state index contributed by atoms with van der Waals surface area (Å²) >= 11 is 0. The Morgan fingerprint density at radius 3 is 2.53 bits per heavy atom. The van der Waals surface area contributed by atoms with Crippen molar-refractivity contribution in [3.8, 4) is 16.9 Å². The van der Waals surface area contributed by atoms with Crippen molar-refractivity contribution < 1.29 is 33.0 Å². The van der Waals surface area contributed by atoms with Gasteiger partial charge >= 0.3 is 5.97 Å². The number of carbonyl (C=O) groups is 3. The zero-order chi connectivity index (χ0) is 33.4. The molecule has 3 N–H and O–H groups in total. The topological polar surface area (TPSA) is 141 Å². The van der Waals surface area contributed by atoms with Gasteiger partial charge in [0.25, 0.3) is 11.8 Å². The van der Waals surface area contributed by atoms with Crippen molar-refractivity contribution in [2.75, 3.05) is 4.90 Å². The molecule has 2 amide bonds. The number of rotatable bonds is 10. The van der Waals surface area contributed by atoms with Crippen LogP contribution in [0, 0.1) is 23.5 Å². The number of hydrogen-bond donors (Lipinski definition) is 2. The zero-order valence-electron chi connectivity index (χ0n) is 26.3. The second kappa shape index (κ2) is 13.1. The number of aliphatic carboxylic acids is 1. The van der Waals surface area contributed by atoms with E-state index in [1.165, 1.54) is 30.2 Å². The molecule has 4 aromatic rings. The SMILES string of the molecule is CC(C)Cc1nc2c(cnn2CC2CCCCC2)c(-c2ccc3c(c2)OC(CC(=O)O)C(=O)N3Cc2ccc(F)c(F)c2)c1C(N)=O. The number of amides is 2. The Morgan fingerprint density at radius 2 is 1.85 bits per heavy atom. The van der Waals surface area contributed by atoms with Crippen molar-refractivity contribution in [2.45, 2.75) is 78.0 Å². The first-order valence-corrected chi connectivity index (χ1v) is 16.0. The molecular formula is C35H37F2N5O5. The number of pyridine rings is 1. The number of benzene rings is 2. The number of primary amides is 1. The molecular weight excluding hydrogens is 608 g/mol. The van der Waals surface area contributed by atoms with E-state index >= 15 is 0 Å². The highest BCUT2D eigenvalue weighted by atomic mass is 19.2. The Balaban J connectivity index is 1.49. The largest absolute Gasteiger partial charge is 0.481 e. The Morgan fingerprint density at radius 1 is 1.09 bits per heavy atom. The summed E-state index contributed by atoms with van der Waals surface area (Å²) < 4.78 is 35.6. The molecule has 0 saturated heterocycles. The van der Waals surface area contributed by atoms with Crippen LogP contribution >= 0.6 is 0 Å². The van der Waals surface area contributed by atoms with E-state index in [2.05, 4.69) is 0 Å². The summed E-state index contributed by atoms with van der Waals surface area (Å²) in [6.07, 6.45) is 6.03. The van der Waals surface area contributed by atoms with Crippen LogP contribution in [0.25, 0.3) is 22.2 Å². The summed E-state index contributed by atoms with van der Waals surface area (Å²) in [5.74, 6) is -3.79. The quantitative estimate of drug-likeness (QED) is 0.215. The number of fused-ring (bicyclic) bond motifs is 2. The number of ether oxygens (including phenoxy) is 1. The van der Waals surface area contributed by atoms with Crippen LogP contribution in [0.3, 0.4) is 0 Å². The molecule has 2 aromatic carbocycles. The van der Waals surface area contributed by atoms with Crippen LogP contribution in [0.1, 0.15) is 74.0 Å². The van der Waals surface area contributed by atoms with E-state index < -0.39 is 41.9 Å². The fourth-order valence-corrected chi connectivity index (χ4v) is 6.74. The molecule has 246 valence electrons. The van der Waals surface area contributed by atoms with Gasteiger partial charge in [-0.25, -0.2) is 18.4 Å². The van der Waals surface area contributed by atoms with Crippen LogP contribution in [0.5, 0.6) is 5.75 Å². The van der Waals surface area contributed by atoms with Crippen LogP contribution in [0.4, 0.5) is 14.5 Å². The normalized spacial score (nSPS) is 16.8. The van der Waals surface area contributed by atoms with Gasteiger partial charge in [0.1, 0.15) is 5.75 Å². The van der Waals surface area contributed by atoms with Crippen LogP contribution in [0.2, 0.25) is 0 Å². The number of carboxylic acids is 1. The maximum Gasteiger partial charge on any atom is 0.307 e. The molecule has 1 unspecified atom stereocenters. The molecule has 1 atom stereocenters. The molecule has 0 bridgehead atoms. The lowest BCUT2D eigenvalue weighted by Gasteiger charge is -2.34. The van der Waals surface area contributed by atoms with E-state index in [0.29, 0.717) is 58.0 Å². The summed E-state index contributed by atoms with van der Waals surface area (Å²) in [5, 5.41) is 14.9. The Labute approximate surface area is 270 Å². The number of halogens is 2. The lowest BCUT2D eigenvalue weighted by atomic mass is 9.89. The first-order valence-electron chi connectivity index (χ1n) is 16.0. The third kappa shape index (κ3) is 6.54. The van der Waals surface area contributed by atoms with Crippen molar-refractivity contribution in [1.29, 1.82) is 0 Å². The van der Waals surface area contributed by atoms with Crippen LogP contribution in [0.15, 0.2) is 42.6 Å². The molecule has 12 heteroatoms. The Kier molecular flexibility index (Phi) is 8.94. The van der Waals surface area contributed by atoms with E-state index in [1.54, 1.807) is 24.4 Å². The first kappa shape index (κ1) is 32.1. The predicted octanol–water partition coefficient (Wildman–Crippen LogP) is 6.02. The van der Waals surface area contributed by atoms with Crippen molar-refractivity contribution in [1.82, 2.24) is 14.8 Å². The number of aromatic nitrogens is 3. The highest BCUT2D eigenvalue weighted by Crippen LogP contribution is 2.42. The van der Waals surface area contributed by atoms with Crippen LogP contribution < -0.4 is 15.4 Å². The fourth-order valence-electron chi connectivity index (χ4n) is 6.74. The number of nitrogens with zero attached hydrogens (tertiary/aromatic N) is 4. The molecule has 1 fully saturated rings. The molecule has 6 rings (SSSR count). The van der Waals surface area contributed by atoms with Gasteiger partial charge < -0.3 is 20.5 Å². The second-order valence-corrected chi connectivity index (χ2v) is 12.9. The number of anilines is 1. The minimum atomic E-state index is -1.37. The van der Waals surface area contributed by atoms with E-state index in [9.17, 15) is 28.3 Å². The highest BCUT2D eigenvalue weighted by Gasteiger charge is 2.37. The molecule has 3 heterocycles. The molecule has 2 aromatic heterocycles. The maximum atomic E-state index is 14.1. The van der Waals surface area contributed by atoms with Gasteiger partial charge in [0, 0.05) is 17.5 Å². The lowest BCUT2D eigenvalue weighted by Crippen LogP contribution is -2.46. The zero-order valence-corrected chi connectivity index (χ0v) is 26.3. The third-order valence-corrected chi connectivity index (χ3v) is 8.90. The minimum Gasteiger partial charge on any atom is -0.481 e. The molecule has 10 nitrogen and oxygen atoms in total. The Bertz CT molecular complexity index is 1870. The lowest BCUT2D eigenvalue weighted by molar-refractivity contribution is -0.142. The van der Waals surface area contributed by atoms with Crippen molar-refractivity contribution in [3.63, 3.8) is 0 Å². The molecule has 1 aliphatic carbocycles. The summed E-state index contributed by atoms with van der Waals surface area (Å²) in [5.41, 5.74) is 9.17.